The van der Waals surface area contributed by atoms with Crippen molar-refractivity contribution in [3.8, 4) is 0 Å². The average Bonchev–Trinajstić information content (AvgIpc) is 2.68. The Morgan fingerprint density at radius 2 is 2.18 bits per heavy atom. The summed E-state index contributed by atoms with van der Waals surface area (Å²) in [5.41, 5.74) is -1.83. The molecule has 0 amide bonds. The molecule has 1 atom stereocenters. The maximum Gasteiger partial charge on any atom is 0.435 e. The number of methoxy groups -OCH3 is 1. The summed E-state index contributed by atoms with van der Waals surface area (Å²) in [4.78, 5) is 10.5. The van der Waals surface area contributed by atoms with Gasteiger partial charge >= 0.3 is 6.18 Å². The summed E-state index contributed by atoms with van der Waals surface area (Å²) in [6.07, 6.45) is -4.23. The van der Waals surface area contributed by atoms with Gasteiger partial charge in [-0.25, -0.2) is 4.68 Å². The van der Waals surface area contributed by atoms with Crippen molar-refractivity contribution < 1.29 is 22.7 Å². The molecule has 0 spiro atoms. The van der Waals surface area contributed by atoms with Crippen LogP contribution in [-0.2, 0) is 10.9 Å². The zero-order valence-electron chi connectivity index (χ0n) is 9.36. The second kappa shape index (κ2) is 5.26. The minimum atomic E-state index is -4.67. The number of carbonyl (C=O) groups excluding carboxylic acids is 1. The van der Waals surface area contributed by atoms with Crippen molar-refractivity contribution in [3.63, 3.8) is 0 Å². The van der Waals surface area contributed by atoms with Crippen molar-refractivity contribution in [1.29, 1.82) is 0 Å². The number of carbonyl (C=O) groups is 1. The van der Waals surface area contributed by atoms with E-state index < -0.39 is 23.6 Å². The molecule has 1 aromatic rings. The molecule has 1 aromatic heterocycles. The van der Waals surface area contributed by atoms with Gasteiger partial charge in [-0.15, -0.1) is 5.10 Å². The van der Waals surface area contributed by atoms with E-state index in [9.17, 15) is 18.0 Å². The summed E-state index contributed by atoms with van der Waals surface area (Å²) in [5.74, 6) is 0. The molecule has 0 N–H and O–H groups in total. The molecule has 1 heterocycles. The van der Waals surface area contributed by atoms with Crippen molar-refractivity contribution in [2.24, 2.45) is 0 Å². The third-order valence-electron chi connectivity index (χ3n) is 2.28. The molecule has 0 aliphatic rings. The highest BCUT2D eigenvalue weighted by atomic mass is 19.4. The largest absolute Gasteiger partial charge is 0.435 e. The van der Waals surface area contributed by atoms with E-state index in [2.05, 4.69) is 10.3 Å². The van der Waals surface area contributed by atoms with E-state index in [1.807, 2.05) is 0 Å². The van der Waals surface area contributed by atoms with E-state index in [4.69, 9.17) is 4.74 Å². The molecule has 0 saturated heterocycles. The van der Waals surface area contributed by atoms with Crippen LogP contribution in [0.2, 0.25) is 0 Å². The van der Waals surface area contributed by atoms with Gasteiger partial charge in [0.2, 0.25) is 0 Å². The molecule has 8 heteroatoms. The predicted molar refractivity (Wildman–Crippen MR) is 51.6 cm³/mol. The van der Waals surface area contributed by atoms with Crippen LogP contribution in [0.3, 0.4) is 0 Å². The van der Waals surface area contributed by atoms with Crippen LogP contribution in [0.5, 0.6) is 0 Å². The first-order valence-corrected chi connectivity index (χ1v) is 4.92. The van der Waals surface area contributed by atoms with Gasteiger partial charge in [0.15, 0.2) is 17.7 Å². The number of halogens is 3. The fraction of sp³-hybridized carbons (Fsp3) is 0.667. The average molecular weight is 251 g/mol. The van der Waals surface area contributed by atoms with E-state index in [1.54, 1.807) is 6.92 Å². The van der Waals surface area contributed by atoms with Crippen LogP contribution in [0.1, 0.15) is 35.6 Å². The third kappa shape index (κ3) is 2.82. The quantitative estimate of drug-likeness (QED) is 0.747. The highest BCUT2D eigenvalue weighted by molar-refractivity contribution is 5.73. The second-order valence-corrected chi connectivity index (χ2v) is 3.40. The van der Waals surface area contributed by atoms with Crippen molar-refractivity contribution in [2.75, 3.05) is 13.7 Å². The normalized spacial score (nSPS) is 13.7. The monoisotopic (exact) mass is 251 g/mol. The first kappa shape index (κ1) is 13.6. The first-order valence-electron chi connectivity index (χ1n) is 4.92. The summed E-state index contributed by atoms with van der Waals surface area (Å²) >= 11 is 0. The molecule has 0 aliphatic heterocycles. The topological polar surface area (TPSA) is 57.0 Å². The zero-order chi connectivity index (χ0) is 13.1. The summed E-state index contributed by atoms with van der Waals surface area (Å²) in [5, 5.41) is 6.60. The van der Waals surface area contributed by atoms with Crippen LogP contribution in [0.15, 0.2) is 0 Å². The van der Waals surface area contributed by atoms with Gasteiger partial charge in [-0.2, -0.15) is 13.2 Å². The van der Waals surface area contributed by atoms with Gasteiger partial charge < -0.3 is 4.74 Å². The molecule has 0 aromatic carbocycles. The molecule has 17 heavy (non-hydrogen) atoms. The Hall–Kier alpha value is -1.44. The Morgan fingerprint density at radius 1 is 1.53 bits per heavy atom. The van der Waals surface area contributed by atoms with Gasteiger partial charge in [-0.3, -0.25) is 4.79 Å². The van der Waals surface area contributed by atoms with Crippen LogP contribution >= 0.6 is 0 Å². The van der Waals surface area contributed by atoms with Gasteiger partial charge in [0.05, 0.1) is 12.6 Å². The van der Waals surface area contributed by atoms with Crippen LogP contribution < -0.4 is 0 Å². The van der Waals surface area contributed by atoms with Crippen molar-refractivity contribution in [2.45, 2.75) is 25.6 Å². The Kier molecular flexibility index (Phi) is 4.22. The maximum absolute atomic E-state index is 12.8. The molecule has 0 radical (unpaired) electrons. The summed E-state index contributed by atoms with van der Waals surface area (Å²) < 4.78 is 43.8. The van der Waals surface area contributed by atoms with Crippen molar-refractivity contribution in [1.82, 2.24) is 15.0 Å². The number of hydrogen-bond acceptors (Lipinski definition) is 4. The third-order valence-corrected chi connectivity index (χ3v) is 2.28. The fourth-order valence-electron chi connectivity index (χ4n) is 1.47. The number of rotatable bonds is 5. The number of aromatic nitrogens is 3. The number of nitrogens with zero attached hydrogens (tertiary/aromatic N) is 3. The van der Waals surface area contributed by atoms with Crippen molar-refractivity contribution >= 4 is 6.29 Å². The zero-order valence-corrected chi connectivity index (χ0v) is 9.36. The molecule has 0 bridgehead atoms. The second-order valence-electron chi connectivity index (χ2n) is 3.40. The summed E-state index contributed by atoms with van der Waals surface area (Å²) in [6.45, 7) is 1.77. The van der Waals surface area contributed by atoms with Crippen LogP contribution in [0.25, 0.3) is 0 Å². The maximum atomic E-state index is 12.8. The fourth-order valence-corrected chi connectivity index (χ4v) is 1.47. The molecule has 0 fully saturated rings. The SMILES string of the molecule is CCC(COC)n1nnc(C=O)c1C(F)(F)F. The standard InChI is InChI=1S/C9H12F3N3O2/c1-3-6(5-17-2)15-8(9(10,11)12)7(4-16)13-14-15/h4,6H,3,5H2,1-2H3. The van der Waals surface area contributed by atoms with Crippen LogP contribution in [0, 0.1) is 0 Å². The lowest BCUT2D eigenvalue weighted by Gasteiger charge is -2.17. The summed E-state index contributed by atoms with van der Waals surface area (Å²) in [7, 11) is 1.38. The Morgan fingerprint density at radius 3 is 2.59 bits per heavy atom. The van der Waals surface area contributed by atoms with Gasteiger partial charge in [0.1, 0.15) is 0 Å². The Bertz CT molecular complexity index is 389. The van der Waals surface area contributed by atoms with Crippen LogP contribution in [0.4, 0.5) is 13.2 Å². The highest BCUT2D eigenvalue weighted by Gasteiger charge is 2.40. The number of ether oxygens (including phenoxy) is 1. The molecule has 0 saturated carbocycles. The van der Waals surface area contributed by atoms with Gasteiger partial charge in [0, 0.05) is 7.11 Å². The molecule has 1 unspecified atom stereocenters. The molecule has 0 aliphatic carbocycles. The lowest BCUT2D eigenvalue weighted by Crippen LogP contribution is -2.23. The molecule has 5 nitrogen and oxygen atoms in total. The molecule has 96 valence electrons. The lowest BCUT2D eigenvalue weighted by atomic mass is 10.2. The van der Waals surface area contributed by atoms with Crippen molar-refractivity contribution in [3.05, 3.63) is 11.4 Å². The highest BCUT2D eigenvalue weighted by Crippen LogP contribution is 2.32. The lowest BCUT2D eigenvalue weighted by molar-refractivity contribution is -0.145. The number of hydrogen-bond donors (Lipinski definition) is 0. The number of aldehydes is 1. The van der Waals surface area contributed by atoms with E-state index >= 15 is 0 Å². The minimum Gasteiger partial charge on any atom is -0.382 e. The van der Waals surface area contributed by atoms with E-state index in [1.165, 1.54) is 7.11 Å². The van der Waals surface area contributed by atoms with Crippen LogP contribution in [-0.4, -0.2) is 35.0 Å². The molecular formula is C9H12F3N3O2. The minimum absolute atomic E-state index is 0.0475. The predicted octanol–water partition coefficient (Wildman–Crippen LogP) is 1.71. The Labute approximate surface area is 95.6 Å². The van der Waals surface area contributed by atoms with Gasteiger partial charge in [-0.05, 0) is 6.42 Å². The molecular weight excluding hydrogens is 239 g/mol. The van der Waals surface area contributed by atoms with E-state index in [0.29, 0.717) is 11.1 Å². The van der Waals surface area contributed by atoms with E-state index in [0.717, 1.165) is 0 Å². The molecule has 1 rings (SSSR count). The van der Waals surface area contributed by atoms with E-state index in [-0.39, 0.29) is 12.9 Å². The number of alkyl halides is 3. The Balaban J connectivity index is 3.24. The first-order chi connectivity index (χ1) is 7.95. The van der Waals surface area contributed by atoms with Gasteiger partial charge in [-0.1, -0.05) is 12.1 Å². The smallest absolute Gasteiger partial charge is 0.382 e. The summed E-state index contributed by atoms with van der Waals surface area (Å²) in [6, 6.07) is -0.599. The van der Waals surface area contributed by atoms with Gasteiger partial charge in [0.25, 0.3) is 0 Å².